The summed E-state index contributed by atoms with van der Waals surface area (Å²) >= 11 is 0. The fourth-order valence-corrected chi connectivity index (χ4v) is 1.92. The fraction of sp³-hybridized carbons (Fsp3) is 0.800. The van der Waals surface area contributed by atoms with Crippen molar-refractivity contribution in [2.75, 3.05) is 19.6 Å². The largest absolute Gasteiger partial charge is 0.303 e. The van der Waals surface area contributed by atoms with Crippen LogP contribution in [0.25, 0.3) is 0 Å². The maximum absolute atomic E-state index is 11.2. The molecule has 0 unspecified atom stereocenters. The minimum absolute atomic E-state index is 0.0122. The smallest absolute Gasteiger partial charge is 0.237 e. The molecule has 0 saturated carbocycles. The van der Waals surface area contributed by atoms with Crippen molar-refractivity contribution in [3.8, 4) is 0 Å². The maximum atomic E-state index is 11.2. The van der Waals surface area contributed by atoms with Gasteiger partial charge in [0.1, 0.15) is 0 Å². The first-order valence-corrected chi connectivity index (χ1v) is 5.15. The van der Waals surface area contributed by atoms with Crippen LogP contribution in [0, 0.1) is 11.8 Å². The zero-order valence-corrected chi connectivity index (χ0v) is 9.05. The molecule has 1 amide bonds. The van der Waals surface area contributed by atoms with E-state index in [1.165, 1.54) is 5.92 Å². The summed E-state index contributed by atoms with van der Waals surface area (Å²) in [6, 6.07) is 0. The first-order valence-electron chi connectivity index (χ1n) is 5.15. The number of carbonyl (C=O) groups excluding carboxylic acids is 1. The van der Waals surface area contributed by atoms with E-state index in [1.807, 2.05) is 0 Å². The van der Waals surface area contributed by atoms with E-state index in [2.05, 4.69) is 24.2 Å². The highest BCUT2D eigenvalue weighted by atomic mass is 16.2. The quantitative estimate of drug-likeness (QED) is 0.389. The van der Waals surface area contributed by atoms with Crippen LogP contribution in [0.5, 0.6) is 0 Å². The molecule has 1 saturated heterocycles. The van der Waals surface area contributed by atoms with Crippen LogP contribution in [-0.2, 0) is 4.79 Å². The molecule has 1 aliphatic heterocycles. The second kappa shape index (κ2) is 5.32. The van der Waals surface area contributed by atoms with Gasteiger partial charge in [-0.25, -0.2) is 5.84 Å². The van der Waals surface area contributed by atoms with E-state index in [0.29, 0.717) is 0 Å². The number of nitrogens with one attached hydrogen (secondary N) is 1. The fourth-order valence-electron chi connectivity index (χ4n) is 1.92. The third-order valence-corrected chi connectivity index (χ3v) is 2.64. The van der Waals surface area contributed by atoms with Gasteiger partial charge in [-0.1, -0.05) is 13.8 Å². The van der Waals surface area contributed by atoms with E-state index in [-0.39, 0.29) is 11.8 Å². The molecule has 1 heterocycles. The molecule has 1 aliphatic rings. The van der Waals surface area contributed by atoms with Crippen molar-refractivity contribution < 1.29 is 4.79 Å². The zero-order chi connectivity index (χ0) is 10.6. The molecule has 1 rings (SSSR count). The van der Waals surface area contributed by atoms with Crippen molar-refractivity contribution in [2.24, 2.45) is 11.8 Å². The number of likely N-dealkylation sites (tertiary alicyclic amines) is 1. The Hall–Kier alpha value is -0.610. The van der Waals surface area contributed by atoms with Crippen LogP contribution in [0.4, 0.5) is 0 Å². The summed E-state index contributed by atoms with van der Waals surface area (Å²) in [5, 5.41) is 0. The van der Waals surface area contributed by atoms with Gasteiger partial charge in [0, 0.05) is 12.5 Å². The van der Waals surface area contributed by atoms with Crippen LogP contribution >= 0.6 is 0 Å². The molecule has 0 atom stereocenters. The number of carbonyl (C=O) groups is 1. The maximum Gasteiger partial charge on any atom is 0.237 e. The van der Waals surface area contributed by atoms with E-state index in [9.17, 15) is 4.79 Å². The van der Waals surface area contributed by atoms with Gasteiger partial charge in [0.2, 0.25) is 5.91 Å². The molecule has 0 spiro atoms. The van der Waals surface area contributed by atoms with Gasteiger partial charge in [-0.2, -0.15) is 0 Å². The highest BCUT2D eigenvalue weighted by Gasteiger charge is 2.24. The third-order valence-electron chi connectivity index (χ3n) is 2.64. The Morgan fingerprint density at radius 3 is 2.43 bits per heavy atom. The minimum Gasteiger partial charge on any atom is -0.303 e. The second-order valence-electron chi connectivity index (χ2n) is 4.27. The average Bonchev–Trinajstić information content (AvgIpc) is 2.17. The van der Waals surface area contributed by atoms with Crippen LogP contribution in [0.2, 0.25) is 0 Å². The van der Waals surface area contributed by atoms with Crippen molar-refractivity contribution >= 4 is 5.91 Å². The number of piperidine rings is 1. The van der Waals surface area contributed by atoms with E-state index in [1.54, 1.807) is 0 Å². The number of amides is 1. The van der Waals surface area contributed by atoms with Crippen LogP contribution in [0.15, 0.2) is 0 Å². The molecule has 14 heavy (non-hydrogen) atoms. The zero-order valence-electron chi connectivity index (χ0n) is 9.05. The molecule has 1 radical (unpaired) electrons. The normalized spacial score (nSPS) is 20.0. The van der Waals surface area contributed by atoms with Crippen LogP contribution in [0.3, 0.4) is 0 Å². The standard InChI is InChI=1S/C10H20N3O/c1-8(2)7-13-5-3-9(4-6-13)10(14)12-11/h9H,3-7,11H2,1-2H3,(H,12,14). The van der Waals surface area contributed by atoms with Crippen molar-refractivity contribution in [3.05, 3.63) is 5.92 Å². The van der Waals surface area contributed by atoms with E-state index < -0.39 is 0 Å². The van der Waals surface area contributed by atoms with Crippen LogP contribution in [0.1, 0.15) is 26.7 Å². The topological polar surface area (TPSA) is 58.4 Å². The molecule has 0 aromatic heterocycles. The van der Waals surface area contributed by atoms with Gasteiger partial charge >= 0.3 is 0 Å². The molecular weight excluding hydrogens is 178 g/mol. The Kier molecular flexibility index (Phi) is 4.35. The summed E-state index contributed by atoms with van der Waals surface area (Å²) in [4.78, 5) is 13.6. The predicted molar refractivity (Wildman–Crippen MR) is 56.1 cm³/mol. The molecular formula is C10H20N3O. The summed E-state index contributed by atoms with van der Waals surface area (Å²) < 4.78 is 0. The predicted octanol–water partition coefficient (Wildman–Crippen LogP) is 0.303. The summed E-state index contributed by atoms with van der Waals surface area (Å²) in [6.45, 7) is 7.33. The number of nitrogens with two attached hydrogens (primary N) is 1. The number of hydrazine groups is 1. The summed E-state index contributed by atoms with van der Waals surface area (Å²) in [5.74, 6) is 6.63. The Morgan fingerprint density at radius 2 is 2.00 bits per heavy atom. The Bertz CT molecular complexity index is 186. The number of hydrogen-bond acceptors (Lipinski definition) is 3. The lowest BCUT2D eigenvalue weighted by molar-refractivity contribution is -0.126. The molecule has 0 bridgehead atoms. The van der Waals surface area contributed by atoms with Gasteiger partial charge in [-0.15, -0.1) is 0 Å². The molecule has 4 nitrogen and oxygen atoms in total. The van der Waals surface area contributed by atoms with E-state index in [0.717, 1.165) is 32.5 Å². The number of nitrogens with zero attached hydrogens (tertiary/aromatic N) is 1. The lowest BCUT2D eigenvalue weighted by Crippen LogP contribution is -2.43. The Morgan fingerprint density at radius 1 is 1.43 bits per heavy atom. The third kappa shape index (κ3) is 3.27. The van der Waals surface area contributed by atoms with Crippen molar-refractivity contribution in [1.82, 2.24) is 10.3 Å². The molecule has 3 N–H and O–H groups in total. The van der Waals surface area contributed by atoms with Gasteiger partial charge in [0.25, 0.3) is 0 Å². The first-order chi connectivity index (χ1) is 6.63. The molecule has 0 aromatic rings. The molecule has 0 aromatic carbocycles. The van der Waals surface area contributed by atoms with Crippen LogP contribution < -0.4 is 11.3 Å². The van der Waals surface area contributed by atoms with Gasteiger partial charge < -0.3 is 4.90 Å². The van der Waals surface area contributed by atoms with E-state index >= 15 is 0 Å². The highest BCUT2D eigenvalue weighted by molar-refractivity contribution is 5.78. The Labute approximate surface area is 85.8 Å². The molecule has 4 heteroatoms. The first kappa shape index (κ1) is 11.5. The number of hydrogen-bond donors (Lipinski definition) is 2. The van der Waals surface area contributed by atoms with E-state index in [4.69, 9.17) is 5.84 Å². The van der Waals surface area contributed by atoms with Gasteiger partial charge in [-0.05, 0) is 31.8 Å². The molecule has 81 valence electrons. The Balaban J connectivity index is 2.27. The molecule has 1 fully saturated rings. The monoisotopic (exact) mass is 198 g/mol. The SMILES string of the molecule is C[C](C)CN1CCC(C(=O)NN)CC1. The van der Waals surface area contributed by atoms with Crippen molar-refractivity contribution in [2.45, 2.75) is 26.7 Å². The second-order valence-corrected chi connectivity index (χ2v) is 4.27. The lowest BCUT2D eigenvalue weighted by atomic mass is 9.95. The average molecular weight is 198 g/mol. The number of rotatable bonds is 3. The highest BCUT2D eigenvalue weighted by Crippen LogP contribution is 2.18. The van der Waals surface area contributed by atoms with Crippen LogP contribution in [-0.4, -0.2) is 30.4 Å². The summed E-state index contributed by atoms with van der Waals surface area (Å²) in [6.07, 6.45) is 1.85. The summed E-state index contributed by atoms with van der Waals surface area (Å²) in [5.41, 5.74) is 2.23. The summed E-state index contributed by atoms with van der Waals surface area (Å²) in [7, 11) is 0. The minimum atomic E-state index is -0.0122. The van der Waals surface area contributed by atoms with Gasteiger partial charge in [0.15, 0.2) is 0 Å². The molecule has 0 aliphatic carbocycles. The van der Waals surface area contributed by atoms with Gasteiger partial charge in [-0.3, -0.25) is 10.2 Å². The lowest BCUT2D eigenvalue weighted by Gasteiger charge is -2.31. The van der Waals surface area contributed by atoms with Crippen molar-refractivity contribution in [3.63, 3.8) is 0 Å². The van der Waals surface area contributed by atoms with Gasteiger partial charge in [0.05, 0.1) is 0 Å². The van der Waals surface area contributed by atoms with Crippen molar-refractivity contribution in [1.29, 1.82) is 0 Å².